The number of piperidine rings is 1. The maximum atomic E-state index is 13.0. The molecular formula is C19H27N5O. The van der Waals surface area contributed by atoms with Crippen molar-refractivity contribution in [3.05, 3.63) is 36.2 Å². The standard InChI is InChI=1S/C19H27N5O/c1-13(2)18-20-6-8-24(18)15-5-4-7-23(12-15)19(25)17-9-16(17)14-10-21-22(3)11-14/h6,8,10-11,13,15-17H,4-5,7,9,12H2,1-3H3/t15-,16-,17+/m1/s1. The number of rotatable bonds is 4. The zero-order chi connectivity index (χ0) is 17.6. The second-order valence-corrected chi connectivity index (χ2v) is 7.82. The van der Waals surface area contributed by atoms with E-state index in [2.05, 4.69) is 39.6 Å². The molecule has 134 valence electrons. The summed E-state index contributed by atoms with van der Waals surface area (Å²) in [4.78, 5) is 19.6. The zero-order valence-corrected chi connectivity index (χ0v) is 15.3. The Hall–Kier alpha value is -2.11. The van der Waals surface area contributed by atoms with Crippen LogP contribution in [0.4, 0.5) is 0 Å². The average Bonchev–Trinajstić information content (AvgIpc) is 3.03. The number of imidazole rings is 1. The largest absolute Gasteiger partial charge is 0.340 e. The molecule has 2 aliphatic rings. The minimum atomic E-state index is 0.148. The Labute approximate surface area is 148 Å². The van der Waals surface area contributed by atoms with Gasteiger partial charge in [-0.1, -0.05) is 13.8 Å². The van der Waals surface area contributed by atoms with Gasteiger partial charge in [0.1, 0.15) is 5.82 Å². The predicted octanol–water partition coefficient (Wildman–Crippen LogP) is 2.71. The molecule has 1 saturated carbocycles. The highest BCUT2D eigenvalue weighted by molar-refractivity contribution is 5.83. The maximum Gasteiger partial charge on any atom is 0.226 e. The molecule has 0 spiro atoms. The lowest BCUT2D eigenvalue weighted by Crippen LogP contribution is -2.42. The topological polar surface area (TPSA) is 56.0 Å². The number of amides is 1. The molecule has 25 heavy (non-hydrogen) atoms. The number of carbonyl (C=O) groups is 1. The quantitative estimate of drug-likeness (QED) is 0.859. The van der Waals surface area contributed by atoms with Crippen LogP contribution in [0, 0.1) is 5.92 Å². The van der Waals surface area contributed by atoms with E-state index in [9.17, 15) is 4.79 Å². The number of carbonyl (C=O) groups excluding carboxylic acids is 1. The molecule has 6 nitrogen and oxygen atoms in total. The molecule has 0 unspecified atom stereocenters. The SMILES string of the molecule is CC(C)c1nccn1[C@@H]1CCCN(C(=O)[C@H]2C[C@@H]2c2cnn(C)c2)C1. The molecule has 2 fully saturated rings. The predicted molar refractivity (Wildman–Crippen MR) is 95.2 cm³/mol. The highest BCUT2D eigenvalue weighted by atomic mass is 16.2. The van der Waals surface area contributed by atoms with E-state index >= 15 is 0 Å². The lowest BCUT2D eigenvalue weighted by molar-refractivity contribution is -0.134. The van der Waals surface area contributed by atoms with Crippen molar-refractivity contribution < 1.29 is 4.79 Å². The van der Waals surface area contributed by atoms with Gasteiger partial charge in [-0.3, -0.25) is 9.48 Å². The zero-order valence-electron chi connectivity index (χ0n) is 15.3. The van der Waals surface area contributed by atoms with Crippen LogP contribution < -0.4 is 0 Å². The van der Waals surface area contributed by atoms with Gasteiger partial charge in [0.2, 0.25) is 5.91 Å². The van der Waals surface area contributed by atoms with Crippen molar-refractivity contribution in [3.8, 4) is 0 Å². The fraction of sp³-hybridized carbons (Fsp3) is 0.632. The Balaban J connectivity index is 1.43. The summed E-state index contributed by atoms with van der Waals surface area (Å²) in [7, 11) is 1.93. The van der Waals surface area contributed by atoms with Crippen molar-refractivity contribution in [2.45, 2.75) is 51.0 Å². The Morgan fingerprint density at radius 3 is 2.92 bits per heavy atom. The number of aromatic nitrogens is 4. The van der Waals surface area contributed by atoms with E-state index < -0.39 is 0 Å². The number of likely N-dealkylation sites (tertiary alicyclic amines) is 1. The first-order valence-corrected chi connectivity index (χ1v) is 9.34. The molecule has 1 aliphatic heterocycles. The van der Waals surface area contributed by atoms with E-state index in [0.29, 0.717) is 23.8 Å². The third kappa shape index (κ3) is 3.10. The number of nitrogens with zero attached hydrogens (tertiary/aromatic N) is 5. The molecule has 4 rings (SSSR count). The lowest BCUT2D eigenvalue weighted by Gasteiger charge is -2.34. The first-order chi connectivity index (χ1) is 12.0. The summed E-state index contributed by atoms with van der Waals surface area (Å²) in [5.41, 5.74) is 1.20. The van der Waals surface area contributed by atoms with E-state index in [1.54, 1.807) is 0 Å². The first kappa shape index (κ1) is 16.4. The van der Waals surface area contributed by atoms with Gasteiger partial charge in [0.15, 0.2) is 0 Å². The summed E-state index contributed by atoms with van der Waals surface area (Å²) in [5.74, 6) is 2.36. The molecule has 2 aromatic heterocycles. The Morgan fingerprint density at radius 1 is 1.36 bits per heavy atom. The molecule has 3 atom stereocenters. The fourth-order valence-electron chi connectivity index (χ4n) is 4.16. The van der Waals surface area contributed by atoms with Crippen LogP contribution in [-0.2, 0) is 11.8 Å². The van der Waals surface area contributed by atoms with E-state index in [1.807, 2.05) is 30.3 Å². The monoisotopic (exact) mass is 341 g/mol. The maximum absolute atomic E-state index is 13.0. The highest BCUT2D eigenvalue weighted by Crippen LogP contribution is 2.48. The Kier molecular flexibility index (Phi) is 4.13. The first-order valence-electron chi connectivity index (χ1n) is 9.34. The van der Waals surface area contributed by atoms with Crippen LogP contribution >= 0.6 is 0 Å². The molecule has 1 amide bonds. The van der Waals surface area contributed by atoms with Crippen LogP contribution in [0.3, 0.4) is 0 Å². The summed E-state index contributed by atoms with van der Waals surface area (Å²) in [5, 5.41) is 4.24. The average molecular weight is 341 g/mol. The normalized spacial score (nSPS) is 26.2. The van der Waals surface area contributed by atoms with Gasteiger partial charge in [-0.2, -0.15) is 5.10 Å². The number of hydrogen-bond acceptors (Lipinski definition) is 3. The van der Waals surface area contributed by atoms with Crippen LogP contribution in [-0.4, -0.2) is 43.2 Å². The summed E-state index contributed by atoms with van der Waals surface area (Å²) in [6, 6.07) is 0.355. The van der Waals surface area contributed by atoms with E-state index in [4.69, 9.17) is 0 Å². The van der Waals surface area contributed by atoms with Gasteiger partial charge in [0.25, 0.3) is 0 Å². The van der Waals surface area contributed by atoms with Crippen molar-refractivity contribution in [3.63, 3.8) is 0 Å². The van der Waals surface area contributed by atoms with Gasteiger partial charge in [0.05, 0.1) is 12.2 Å². The van der Waals surface area contributed by atoms with E-state index in [0.717, 1.165) is 38.2 Å². The van der Waals surface area contributed by atoms with Crippen LogP contribution in [0.1, 0.15) is 62.4 Å². The van der Waals surface area contributed by atoms with Gasteiger partial charge in [-0.05, 0) is 30.7 Å². The molecule has 1 aliphatic carbocycles. The van der Waals surface area contributed by atoms with E-state index in [1.165, 1.54) is 5.56 Å². The van der Waals surface area contributed by atoms with Crippen molar-refractivity contribution in [2.75, 3.05) is 13.1 Å². The third-order valence-electron chi connectivity index (χ3n) is 5.58. The second kappa shape index (κ2) is 6.32. The third-order valence-corrected chi connectivity index (χ3v) is 5.58. The van der Waals surface area contributed by atoms with Gasteiger partial charge < -0.3 is 9.47 Å². The molecule has 3 heterocycles. The summed E-state index contributed by atoms with van der Waals surface area (Å²) in [6.07, 6.45) is 11.1. The molecule has 6 heteroatoms. The Morgan fingerprint density at radius 2 is 2.20 bits per heavy atom. The minimum absolute atomic E-state index is 0.148. The summed E-state index contributed by atoms with van der Waals surface area (Å²) in [6.45, 7) is 6.04. The molecule has 1 saturated heterocycles. The fourth-order valence-corrected chi connectivity index (χ4v) is 4.16. The van der Waals surface area contributed by atoms with Crippen LogP contribution in [0.5, 0.6) is 0 Å². The van der Waals surface area contributed by atoms with Gasteiger partial charge >= 0.3 is 0 Å². The van der Waals surface area contributed by atoms with Gasteiger partial charge in [0, 0.05) is 50.6 Å². The second-order valence-electron chi connectivity index (χ2n) is 7.82. The smallest absolute Gasteiger partial charge is 0.226 e. The molecule has 0 radical (unpaired) electrons. The van der Waals surface area contributed by atoms with E-state index in [-0.39, 0.29) is 5.92 Å². The van der Waals surface area contributed by atoms with Gasteiger partial charge in [-0.15, -0.1) is 0 Å². The lowest BCUT2D eigenvalue weighted by atomic mass is 10.0. The van der Waals surface area contributed by atoms with Crippen LogP contribution in [0.15, 0.2) is 24.8 Å². The number of aryl methyl sites for hydroxylation is 1. The highest BCUT2D eigenvalue weighted by Gasteiger charge is 2.47. The molecule has 0 bridgehead atoms. The van der Waals surface area contributed by atoms with Gasteiger partial charge in [-0.25, -0.2) is 4.98 Å². The van der Waals surface area contributed by atoms with Crippen LogP contribution in [0.25, 0.3) is 0 Å². The molecular weight excluding hydrogens is 314 g/mol. The summed E-state index contributed by atoms with van der Waals surface area (Å²) < 4.78 is 4.11. The molecule has 0 aromatic carbocycles. The number of hydrogen-bond donors (Lipinski definition) is 0. The molecule has 2 aromatic rings. The van der Waals surface area contributed by atoms with Crippen molar-refractivity contribution >= 4 is 5.91 Å². The summed E-state index contributed by atoms with van der Waals surface area (Å²) >= 11 is 0. The van der Waals surface area contributed by atoms with Crippen molar-refractivity contribution in [1.29, 1.82) is 0 Å². The van der Waals surface area contributed by atoms with Crippen LogP contribution in [0.2, 0.25) is 0 Å². The minimum Gasteiger partial charge on any atom is -0.340 e. The van der Waals surface area contributed by atoms with Crippen molar-refractivity contribution in [1.82, 2.24) is 24.2 Å². The molecule has 0 N–H and O–H groups in total. The Bertz CT molecular complexity index is 761. The van der Waals surface area contributed by atoms with Crippen molar-refractivity contribution in [2.24, 2.45) is 13.0 Å².